The summed E-state index contributed by atoms with van der Waals surface area (Å²) in [6.07, 6.45) is 2.57. The number of aromatic nitrogens is 3. The van der Waals surface area contributed by atoms with E-state index in [2.05, 4.69) is 59.4 Å². The molecule has 0 unspecified atom stereocenters. The van der Waals surface area contributed by atoms with E-state index in [1.165, 1.54) is 5.56 Å². The monoisotopic (exact) mass is 372 g/mol. The number of nitrogens with one attached hydrogen (secondary N) is 1. The molecule has 0 radical (unpaired) electrons. The van der Waals surface area contributed by atoms with Crippen LogP contribution in [0.25, 0.3) is 0 Å². The van der Waals surface area contributed by atoms with Gasteiger partial charge in [0.2, 0.25) is 0 Å². The molecule has 1 N–H and O–H groups in total. The van der Waals surface area contributed by atoms with Crippen LogP contribution in [0.3, 0.4) is 0 Å². The van der Waals surface area contributed by atoms with Gasteiger partial charge in [0.05, 0.1) is 0 Å². The van der Waals surface area contributed by atoms with Crippen molar-refractivity contribution in [2.45, 2.75) is 13.0 Å². The molecule has 0 aliphatic carbocycles. The van der Waals surface area contributed by atoms with E-state index in [1.54, 1.807) is 11.0 Å². The number of benzene rings is 1. The molecule has 0 aliphatic heterocycles. The third-order valence-corrected chi connectivity index (χ3v) is 4.37. The van der Waals surface area contributed by atoms with E-state index < -0.39 is 0 Å². The van der Waals surface area contributed by atoms with E-state index in [0.29, 0.717) is 0 Å². The topological polar surface area (TPSA) is 42.7 Å². The van der Waals surface area contributed by atoms with Crippen molar-refractivity contribution < 1.29 is 0 Å². The van der Waals surface area contributed by atoms with E-state index in [1.807, 2.05) is 13.1 Å². The highest BCUT2D eigenvalue weighted by atomic mass is 79.9. The van der Waals surface area contributed by atoms with Gasteiger partial charge in [-0.05, 0) is 49.6 Å². The Balaban J connectivity index is 1.76. The molecule has 1 heterocycles. The van der Waals surface area contributed by atoms with Crippen molar-refractivity contribution in [2.75, 3.05) is 6.54 Å². The maximum Gasteiger partial charge on any atom is 0.151 e. The molecule has 0 saturated carbocycles. The summed E-state index contributed by atoms with van der Waals surface area (Å²) in [5, 5.41) is 7.61. The molecule has 0 aliphatic rings. The largest absolute Gasteiger partial charge is 0.312 e. The van der Waals surface area contributed by atoms with Crippen molar-refractivity contribution in [2.24, 2.45) is 7.05 Å². The van der Waals surface area contributed by atoms with Gasteiger partial charge >= 0.3 is 0 Å². The Bertz CT molecular complexity index is 525. The molecule has 0 amide bonds. The molecule has 2 aromatic rings. The van der Waals surface area contributed by atoms with Gasteiger partial charge in [-0.25, -0.2) is 4.98 Å². The van der Waals surface area contributed by atoms with Crippen LogP contribution in [0, 0.1) is 0 Å². The van der Waals surface area contributed by atoms with Crippen LogP contribution >= 0.6 is 31.9 Å². The molecule has 0 bridgehead atoms. The lowest BCUT2D eigenvalue weighted by Crippen LogP contribution is -2.17. The highest BCUT2D eigenvalue weighted by molar-refractivity contribution is 9.13. The predicted molar refractivity (Wildman–Crippen MR) is 78.3 cm³/mol. The lowest BCUT2D eigenvalue weighted by molar-refractivity contribution is 0.661. The van der Waals surface area contributed by atoms with Crippen LogP contribution in [0.1, 0.15) is 11.4 Å². The van der Waals surface area contributed by atoms with Crippen LogP contribution in [0.2, 0.25) is 0 Å². The molecule has 2 rings (SSSR count). The van der Waals surface area contributed by atoms with Crippen molar-refractivity contribution >= 4 is 31.9 Å². The van der Waals surface area contributed by atoms with Crippen molar-refractivity contribution in [3.63, 3.8) is 0 Å². The Labute approximate surface area is 123 Å². The number of aryl methyl sites for hydroxylation is 1. The zero-order chi connectivity index (χ0) is 13.0. The summed E-state index contributed by atoms with van der Waals surface area (Å²) in [6.45, 7) is 1.72. The second kappa shape index (κ2) is 6.45. The summed E-state index contributed by atoms with van der Waals surface area (Å²) >= 11 is 6.96. The minimum atomic E-state index is 0.846. The fraction of sp³-hybridized carbons (Fsp3) is 0.333. The summed E-state index contributed by atoms with van der Waals surface area (Å²) in [7, 11) is 1.88. The van der Waals surface area contributed by atoms with Gasteiger partial charge in [0.1, 0.15) is 6.33 Å². The van der Waals surface area contributed by atoms with Crippen molar-refractivity contribution in [1.29, 1.82) is 0 Å². The minimum Gasteiger partial charge on any atom is -0.312 e. The number of nitrogens with zero attached hydrogens (tertiary/aromatic N) is 3. The van der Waals surface area contributed by atoms with Crippen LogP contribution in [0.5, 0.6) is 0 Å². The summed E-state index contributed by atoms with van der Waals surface area (Å²) in [5.74, 6) is 0.877. The molecule has 6 heteroatoms. The zero-order valence-electron chi connectivity index (χ0n) is 10.0. The van der Waals surface area contributed by atoms with Crippen LogP contribution in [-0.2, 0) is 20.0 Å². The van der Waals surface area contributed by atoms with Crippen molar-refractivity contribution in [3.05, 3.63) is 44.9 Å². The van der Waals surface area contributed by atoms with Gasteiger partial charge in [-0.15, -0.1) is 0 Å². The molecule has 0 spiro atoms. The summed E-state index contributed by atoms with van der Waals surface area (Å²) in [6, 6.07) is 6.25. The standard InChI is InChI=1S/C12H14Br2N4/c1-18-8-16-12(17-18)4-5-15-7-9-2-3-10(13)11(14)6-9/h2-3,6,8,15H,4-5,7H2,1H3. The first kappa shape index (κ1) is 13.7. The molecule has 0 saturated heterocycles. The van der Waals surface area contributed by atoms with E-state index in [0.717, 1.165) is 34.3 Å². The van der Waals surface area contributed by atoms with Gasteiger partial charge in [-0.3, -0.25) is 4.68 Å². The van der Waals surface area contributed by atoms with Crippen LogP contribution < -0.4 is 5.32 Å². The van der Waals surface area contributed by atoms with Gasteiger partial charge in [0, 0.05) is 35.5 Å². The fourth-order valence-corrected chi connectivity index (χ4v) is 2.25. The third-order valence-electron chi connectivity index (χ3n) is 2.49. The van der Waals surface area contributed by atoms with Crippen molar-refractivity contribution in [3.8, 4) is 0 Å². The van der Waals surface area contributed by atoms with Gasteiger partial charge in [0.15, 0.2) is 5.82 Å². The van der Waals surface area contributed by atoms with E-state index in [9.17, 15) is 0 Å². The highest BCUT2D eigenvalue weighted by Crippen LogP contribution is 2.23. The molecule has 1 aromatic heterocycles. The smallest absolute Gasteiger partial charge is 0.151 e. The average molecular weight is 374 g/mol. The zero-order valence-corrected chi connectivity index (χ0v) is 13.2. The molecule has 0 fully saturated rings. The van der Waals surface area contributed by atoms with Gasteiger partial charge in [-0.1, -0.05) is 6.07 Å². The van der Waals surface area contributed by atoms with Gasteiger partial charge < -0.3 is 5.32 Å². The molecular formula is C12H14Br2N4. The molecule has 0 atom stereocenters. The summed E-state index contributed by atoms with van der Waals surface area (Å²) in [5.41, 5.74) is 1.25. The molecule has 4 nitrogen and oxygen atoms in total. The highest BCUT2D eigenvalue weighted by Gasteiger charge is 2.00. The van der Waals surface area contributed by atoms with Crippen molar-refractivity contribution in [1.82, 2.24) is 20.1 Å². The quantitative estimate of drug-likeness (QED) is 0.819. The molecular weight excluding hydrogens is 360 g/mol. The second-order valence-corrected chi connectivity index (χ2v) is 5.72. The van der Waals surface area contributed by atoms with Crippen LogP contribution in [0.4, 0.5) is 0 Å². The average Bonchev–Trinajstić information content (AvgIpc) is 2.75. The number of halogens is 2. The summed E-state index contributed by atoms with van der Waals surface area (Å²) < 4.78 is 3.87. The Hall–Kier alpha value is -0.720. The molecule has 18 heavy (non-hydrogen) atoms. The fourth-order valence-electron chi connectivity index (χ4n) is 1.58. The number of hydrogen-bond acceptors (Lipinski definition) is 3. The van der Waals surface area contributed by atoms with Gasteiger partial charge in [-0.2, -0.15) is 5.10 Å². The lowest BCUT2D eigenvalue weighted by atomic mass is 10.2. The first-order chi connectivity index (χ1) is 8.65. The van der Waals surface area contributed by atoms with E-state index >= 15 is 0 Å². The molecule has 1 aromatic carbocycles. The Kier molecular flexibility index (Phi) is 4.91. The Morgan fingerprint density at radius 2 is 2.11 bits per heavy atom. The van der Waals surface area contributed by atoms with Crippen LogP contribution in [0.15, 0.2) is 33.5 Å². The normalized spacial score (nSPS) is 10.8. The molecule has 96 valence electrons. The Morgan fingerprint density at radius 1 is 1.28 bits per heavy atom. The third kappa shape index (κ3) is 3.90. The number of rotatable bonds is 5. The van der Waals surface area contributed by atoms with Gasteiger partial charge in [0.25, 0.3) is 0 Å². The van der Waals surface area contributed by atoms with E-state index in [-0.39, 0.29) is 0 Å². The second-order valence-electron chi connectivity index (χ2n) is 4.01. The maximum atomic E-state index is 4.23. The first-order valence-corrected chi connectivity index (χ1v) is 7.23. The number of hydrogen-bond donors (Lipinski definition) is 1. The Morgan fingerprint density at radius 3 is 2.78 bits per heavy atom. The maximum absolute atomic E-state index is 4.23. The predicted octanol–water partition coefficient (Wildman–Crippen LogP) is 2.67. The first-order valence-electron chi connectivity index (χ1n) is 5.64. The summed E-state index contributed by atoms with van der Waals surface area (Å²) in [4.78, 5) is 4.18. The lowest BCUT2D eigenvalue weighted by Gasteiger charge is -2.05. The minimum absolute atomic E-state index is 0.846. The van der Waals surface area contributed by atoms with E-state index in [4.69, 9.17) is 0 Å². The SMILES string of the molecule is Cn1cnc(CCNCc2ccc(Br)c(Br)c2)n1. The van der Waals surface area contributed by atoms with Crippen LogP contribution in [-0.4, -0.2) is 21.3 Å².